The minimum Gasteiger partial charge on any atom is -0.396 e. The van der Waals surface area contributed by atoms with Gasteiger partial charge in [-0.2, -0.15) is 0 Å². The highest BCUT2D eigenvalue weighted by molar-refractivity contribution is 5.79. The molecule has 158 valence electrons. The molecule has 6 nitrogen and oxygen atoms in total. The number of hydrogen-bond donors (Lipinski definition) is 3. The van der Waals surface area contributed by atoms with E-state index >= 15 is 0 Å². The standard InChI is InChI=1S/C22H38N4O2/c1-4-23-21(25-17-22(12-14-27)13-15-28-18-22)24-16-20(26(5-2)6-3)19-10-8-7-9-11-19/h7-11,20,27H,4-6,12-18H2,1-3H3,(H2,23,24,25). The summed E-state index contributed by atoms with van der Waals surface area (Å²) in [5, 5.41) is 16.3. The van der Waals surface area contributed by atoms with E-state index in [2.05, 4.69) is 66.6 Å². The highest BCUT2D eigenvalue weighted by atomic mass is 16.5. The summed E-state index contributed by atoms with van der Waals surface area (Å²) < 4.78 is 5.59. The van der Waals surface area contributed by atoms with Crippen LogP contribution in [0.1, 0.15) is 45.2 Å². The van der Waals surface area contributed by atoms with Crippen molar-refractivity contribution < 1.29 is 9.84 Å². The van der Waals surface area contributed by atoms with Crippen LogP contribution in [0, 0.1) is 5.41 Å². The number of nitrogens with zero attached hydrogens (tertiary/aromatic N) is 2. The van der Waals surface area contributed by atoms with Gasteiger partial charge < -0.3 is 20.5 Å². The number of nitrogens with one attached hydrogen (secondary N) is 2. The SMILES string of the molecule is CCNC(=NCC1(CCO)CCOC1)NCC(c1ccccc1)N(CC)CC. The van der Waals surface area contributed by atoms with Crippen molar-refractivity contribution in [3.8, 4) is 0 Å². The van der Waals surface area contributed by atoms with Crippen molar-refractivity contribution in [1.29, 1.82) is 0 Å². The van der Waals surface area contributed by atoms with Gasteiger partial charge in [-0.1, -0.05) is 44.2 Å². The molecule has 1 aliphatic rings. The van der Waals surface area contributed by atoms with Gasteiger partial charge in [0.15, 0.2) is 5.96 Å². The van der Waals surface area contributed by atoms with E-state index in [0.717, 1.165) is 51.6 Å². The van der Waals surface area contributed by atoms with Crippen molar-refractivity contribution in [3.63, 3.8) is 0 Å². The number of hydrogen-bond acceptors (Lipinski definition) is 4. The topological polar surface area (TPSA) is 69.1 Å². The largest absolute Gasteiger partial charge is 0.396 e. The molecule has 0 spiro atoms. The third-order valence-electron chi connectivity index (χ3n) is 5.64. The summed E-state index contributed by atoms with van der Waals surface area (Å²) in [5.41, 5.74) is 1.28. The van der Waals surface area contributed by atoms with Crippen LogP contribution >= 0.6 is 0 Å². The number of aliphatic hydroxyl groups excluding tert-OH is 1. The predicted molar refractivity (Wildman–Crippen MR) is 116 cm³/mol. The Morgan fingerprint density at radius 1 is 1.21 bits per heavy atom. The van der Waals surface area contributed by atoms with Crippen LogP contribution in [0.15, 0.2) is 35.3 Å². The molecular formula is C22H38N4O2. The van der Waals surface area contributed by atoms with Gasteiger partial charge in [-0.05, 0) is 38.4 Å². The van der Waals surface area contributed by atoms with E-state index in [1.807, 2.05) is 0 Å². The third-order valence-corrected chi connectivity index (χ3v) is 5.64. The van der Waals surface area contributed by atoms with Crippen molar-refractivity contribution in [1.82, 2.24) is 15.5 Å². The summed E-state index contributed by atoms with van der Waals surface area (Å²) in [6.07, 6.45) is 1.70. The van der Waals surface area contributed by atoms with Gasteiger partial charge in [0.2, 0.25) is 0 Å². The van der Waals surface area contributed by atoms with Gasteiger partial charge in [-0.3, -0.25) is 9.89 Å². The normalized spacial score (nSPS) is 21.1. The summed E-state index contributed by atoms with van der Waals surface area (Å²) in [4.78, 5) is 7.31. The molecule has 0 radical (unpaired) electrons. The molecule has 1 aromatic carbocycles. The van der Waals surface area contributed by atoms with Crippen molar-refractivity contribution in [2.45, 2.75) is 39.7 Å². The van der Waals surface area contributed by atoms with E-state index < -0.39 is 0 Å². The van der Waals surface area contributed by atoms with Crippen LogP contribution in [-0.2, 0) is 4.74 Å². The van der Waals surface area contributed by atoms with Gasteiger partial charge in [-0.15, -0.1) is 0 Å². The molecule has 0 saturated carbocycles. The van der Waals surface area contributed by atoms with E-state index in [1.54, 1.807) is 0 Å². The molecule has 1 saturated heterocycles. The Morgan fingerprint density at radius 2 is 1.96 bits per heavy atom. The molecule has 2 unspecified atom stereocenters. The number of rotatable bonds is 11. The molecule has 3 N–H and O–H groups in total. The van der Waals surface area contributed by atoms with Crippen LogP contribution in [0.5, 0.6) is 0 Å². The van der Waals surface area contributed by atoms with Crippen LogP contribution in [0.2, 0.25) is 0 Å². The second-order valence-electron chi connectivity index (χ2n) is 7.50. The third kappa shape index (κ3) is 6.47. The lowest BCUT2D eigenvalue weighted by Crippen LogP contribution is -2.44. The van der Waals surface area contributed by atoms with Crippen molar-refractivity contribution in [2.24, 2.45) is 10.4 Å². The summed E-state index contributed by atoms with van der Waals surface area (Å²) in [6.45, 7) is 12.4. The van der Waals surface area contributed by atoms with E-state index in [0.29, 0.717) is 19.2 Å². The minimum absolute atomic E-state index is 0.0329. The molecule has 1 heterocycles. The van der Waals surface area contributed by atoms with Gasteiger partial charge in [0.1, 0.15) is 0 Å². The maximum atomic E-state index is 9.44. The maximum Gasteiger partial charge on any atom is 0.191 e. The fourth-order valence-electron chi connectivity index (χ4n) is 3.87. The second-order valence-corrected chi connectivity index (χ2v) is 7.50. The predicted octanol–water partition coefficient (Wildman–Crippen LogP) is 2.41. The fourth-order valence-corrected chi connectivity index (χ4v) is 3.87. The highest BCUT2D eigenvalue weighted by Crippen LogP contribution is 2.32. The number of aliphatic imine (C=N–C) groups is 1. The molecule has 1 aliphatic heterocycles. The first-order chi connectivity index (χ1) is 13.7. The second kappa shape index (κ2) is 12.0. The van der Waals surface area contributed by atoms with E-state index in [1.165, 1.54) is 5.56 Å². The van der Waals surface area contributed by atoms with Gasteiger partial charge in [0, 0.05) is 31.7 Å². The van der Waals surface area contributed by atoms with E-state index in [4.69, 9.17) is 9.73 Å². The monoisotopic (exact) mass is 390 g/mol. The zero-order chi connectivity index (χ0) is 20.2. The zero-order valence-corrected chi connectivity index (χ0v) is 17.8. The van der Waals surface area contributed by atoms with Crippen LogP contribution in [-0.4, -0.2) is 68.5 Å². The van der Waals surface area contributed by atoms with Crippen molar-refractivity contribution in [2.75, 3.05) is 52.5 Å². The molecule has 1 aromatic rings. The molecule has 1 fully saturated rings. The van der Waals surface area contributed by atoms with Crippen molar-refractivity contribution in [3.05, 3.63) is 35.9 Å². The Labute approximate surface area is 170 Å². The van der Waals surface area contributed by atoms with Crippen LogP contribution < -0.4 is 10.6 Å². The molecule has 28 heavy (non-hydrogen) atoms. The molecule has 0 bridgehead atoms. The Bertz CT molecular complexity index is 569. The van der Waals surface area contributed by atoms with Gasteiger partial charge in [0.05, 0.1) is 19.2 Å². The Morgan fingerprint density at radius 3 is 2.54 bits per heavy atom. The van der Waals surface area contributed by atoms with Crippen molar-refractivity contribution >= 4 is 5.96 Å². The summed E-state index contributed by atoms with van der Waals surface area (Å²) in [6, 6.07) is 10.9. The molecule has 2 rings (SSSR count). The zero-order valence-electron chi connectivity index (χ0n) is 17.8. The smallest absolute Gasteiger partial charge is 0.191 e. The molecule has 0 aromatic heterocycles. The first-order valence-electron chi connectivity index (χ1n) is 10.7. The van der Waals surface area contributed by atoms with Crippen LogP contribution in [0.3, 0.4) is 0 Å². The summed E-state index contributed by atoms with van der Waals surface area (Å²) in [7, 11) is 0. The average molecular weight is 391 g/mol. The Balaban J connectivity index is 2.08. The van der Waals surface area contributed by atoms with Gasteiger partial charge in [0.25, 0.3) is 0 Å². The highest BCUT2D eigenvalue weighted by Gasteiger charge is 2.34. The number of guanidine groups is 1. The minimum atomic E-state index is -0.0329. The van der Waals surface area contributed by atoms with Gasteiger partial charge >= 0.3 is 0 Å². The molecular weight excluding hydrogens is 352 g/mol. The number of aliphatic hydroxyl groups is 1. The van der Waals surface area contributed by atoms with Gasteiger partial charge in [-0.25, -0.2) is 0 Å². The molecule has 6 heteroatoms. The molecule has 2 atom stereocenters. The molecule has 0 aliphatic carbocycles. The Kier molecular flexibility index (Phi) is 9.75. The fraction of sp³-hybridized carbons (Fsp3) is 0.682. The number of ether oxygens (including phenoxy) is 1. The summed E-state index contributed by atoms with van der Waals surface area (Å²) in [5.74, 6) is 0.833. The number of benzene rings is 1. The quantitative estimate of drug-likeness (QED) is 0.400. The Hall–Kier alpha value is -1.63. The lowest BCUT2D eigenvalue weighted by atomic mass is 9.84. The lowest BCUT2D eigenvalue weighted by Gasteiger charge is -2.31. The van der Waals surface area contributed by atoms with Crippen LogP contribution in [0.4, 0.5) is 0 Å². The lowest BCUT2D eigenvalue weighted by molar-refractivity contribution is 0.131. The van der Waals surface area contributed by atoms with E-state index in [9.17, 15) is 5.11 Å². The van der Waals surface area contributed by atoms with E-state index in [-0.39, 0.29) is 12.0 Å². The van der Waals surface area contributed by atoms with Crippen LogP contribution in [0.25, 0.3) is 0 Å². The number of likely N-dealkylation sites (N-methyl/N-ethyl adjacent to an activating group) is 1. The molecule has 0 amide bonds. The summed E-state index contributed by atoms with van der Waals surface area (Å²) >= 11 is 0. The first kappa shape index (κ1) is 22.7. The first-order valence-corrected chi connectivity index (χ1v) is 10.7. The maximum absolute atomic E-state index is 9.44. The average Bonchev–Trinajstić information content (AvgIpc) is 3.19.